The van der Waals surface area contributed by atoms with Crippen molar-refractivity contribution in [2.24, 2.45) is 0 Å². The SMILES string of the molecule is CC[C@H](C)NC(=O)[C@@H](C)N(Cc1ccc(F)cc1)C(=O)CN(c1cccc(OC)c1)S(C)(=O)=O. The van der Waals surface area contributed by atoms with Gasteiger partial charge in [-0.15, -0.1) is 0 Å². The van der Waals surface area contributed by atoms with E-state index in [4.69, 9.17) is 4.74 Å². The monoisotopic (exact) mass is 493 g/mol. The molecule has 8 nitrogen and oxygen atoms in total. The summed E-state index contributed by atoms with van der Waals surface area (Å²) in [4.78, 5) is 27.6. The molecule has 0 bridgehead atoms. The van der Waals surface area contributed by atoms with Gasteiger partial charge in [-0.1, -0.05) is 25.1 Å². The Morgan fingerprint density at radius 2 is 1.76 bits per heavy atom. The predicted octanol–water partition coefficient (Wildman–Crippen LogP) is 2.93. The van der Waals surface area contributed by atoms with Crippen LogP contribution in [-0.2, 0) is 26.2 Å². The lowest BCUT2D eigenvalue weighted by Gasteiger charge is -2.32. The maximum absolute atomic E-state index is 13.4. The van der Waals surface area contributed by atoms with Crippen LogP contribution in [0.4, 0.5) is 10.1 Å². The average Bonchev–Trinajstić information content (AvgIpc) is 2.80. The van der Waals surface area contributed by atoms with Crippen LogP contribution >= 0.6 is 0 Å². The van der Waals surface area contributed by atoms with E-state index in [9.17, 15) is 22.4 Å². The lowest BCUT2D eigenvalue weighted by Crippen LogP contribution is -2.52. The first-order chi connectivity index (χ1) is 16.0. The van der Waals surface area contributed by atoms with Crippen LogP contribution in [0.3, 0.4) is 0 Å². The van der Waals surface area contributed by atoms with E-state index in [0.717, 1.165) is 10.6 Å². The number of rotatable bonds is 11. The Labute approximate surface area is 200 Å². The first-order valence-electron chi connectivity index (χ1n) is 10.9. The van der Waals surface area contributed by atoms with E-state index < -0.39 is 34.3 Å². The Kier molecular flexibility index (Phi) is 9.43. The van der Waals surface area contributed by atoms with E-state index >= 15 is 0 Å². The maximum Gasteiger partial charge on any atom is 0.244 e. The molecule has 2 atom stereocenters. The molecule has 0 aliphatic carbocycles. The summed E-state index contributed by atoms with van der Waals surface area (Å²) in [6.45, 7) is 4.84. The molecule has 0 saturated heterocycles. The van der Waals surface area contributed by atoms with Crippen molar-refractivity contribution < 1.29 is 27.1 Å². The van der Waals surface area contributed by atoms with Gasteiger partial charge in [0.15, 0.2) is 0 Å². The second-order valence-electron chi connectivity index (χ2n) is 8.11. The van der Waals surface area contributed by atoms with Crippen molar-refractivity contribution in [2.75, 3.05) is 24.2 Å². The highest BCUT2D eigenvalue weighted by Crippen LogP contribution is 2.23. The van der Waals surface area contributed by atoms with Gasteiger partial charge in [0, 0.05) is 18.7 Å². The number of amides is 2. The highest BCUT2D eigenvalue weighted by atomic mass is 32.2. The van der Waals surface area contributed by atoms with E-state index in [1.165, 1.54) is 42.3 Å². The smallest absolute Gasteiger partial charge is 0.244 e. The van der Waals surface area contributed by atoms with Crippen LogP contribution in [0, 0.1) is 5.82 Å². The largest absolute Gasteiger partial charge is 0.497 e. The Balaban J connectivity index is 2.38. The summed E-state index contributed by atoms with van der Waals surface area (Å²) in [5, 5.41) is 2.85. The highest BCUT2D eigenvalue weighted by molar-refractivity contribution is 7.92. The van der Waals surface area contributed by atoms with Gasteiger partial charge in [-0.3, -0.25) is 13.9 Å². The third-order valence-corrected chi connectivity index (χ3v) is 6.60. The Morgan fingerprint density at radius 1 is 1.12 bits per heavy atom. The van der Waals surface area contributed by atoms with Crippen molar-refractivity contribution in [1.29, 1.82) is 0 Å². The number of ether oxygens (including phenoxy) is 1. The van der Waals surface area contributed by atoms with Crippen molar-refractivity contribution in [3.63, 3.8) is 0 Å². The zero-order valence-electron chi connectivity index (χ0n) is 20.1. The first-order valence-corrected chi connectivity index (χ1v) is 12.8. The molecule has 1 N–H and O–H groups in total. The third kappa shape index (κ3) is 7.44. The summed E-state index contributed by atoms with van der Waals surface area (Å²) in [5.41, 5.74) is 0.860. The zero-order chi connectivity index (χ0) is 25.5. The fourth-order valence-electron chi connectivity index (χ4n) is 3.21. The van der Waals surface area contributed by atoms with Gasteiger partial charge in [0.1, 0.15) is 24.2 Å². The number of methoxy groups -OCH3 is 1. The number of carbonyl (C=O) groups is 2. The molecule has 34 heavy (non-hydrogen) atoms. The lowest BCUT2D eigenvalue weighted by molar-refractivity contribution is -0.139. The van der Waals surface area contributed by atoms with Crippen LogP contribution in [0.25, 0.3) is 0 Å². The van der Waals surface area contributed by atoms with E-state index in [1.807, 2.05) is 13.8 Å². The minimum atomic E-state index is -3.84. The number of anilines is 1. The molecule has 0 heterocycles. The van der Waals surface area contributed by atoms with Gasteiger partial charge in [0.2, 0.25) is 21.8 Å². The number of nitrogens with zero attached hydrogens (tertiary/aromatic N) is 2. The molecule has 0 saturated carbocycles. The summed E-state index contributed by atoms with van der Waals surface area (Å²) >= 11 is 0. The van der Waals surface area contributed by atoms with E-state index in [1.54, 1.807) is 25.1 Å². The molecule has 0 spiro atoms. The van der Waals surface area contributed by atoms with E-state index in [2.05, 4.69) is 5.32 Å². The maximum atomic E-state index is 13.4. The Hall–Kier alpha value is -3.14. The molecular formula is C24H32FN3O5S. The number of benzene rings is 2. The molecule has 2 rings (SSSR count). The molecule has 2 aromatic carbocycles. The topological polar surface area (TPSA) is 96.0 Å². The number of hydrogen-bond donors (Lipinski definition) is 1. The molecule has 0 fully saturated rings. The van der Waals surface area contributed by atoms with Gasteiger partial charge in [-0.2, -0.15) is 0 Å². The average molecular weight is 494 g/mol. The van der Waals surface area contributed by atoms with Crippen molar-refractivity contribution in [3.8, 4) is 5.75 Å². The molecule has 0 aromatic heterocycles. The zero-order valence-corrected chi connectivity index (χ0v) is 20.9. The Bertz CT molecular complexity index is 1090. The van der Waals surface area contributed by atoms with Gasteiger partial charge in [-0.05, 0) is 50.1 Å². The van der Waals surface area contributed by atoms with Crippen LogP contribution in [0.1, 0.15) is 32.8 Å². The van der Waals surface area contributed by atoms with Crippen molar-refractivity contribution >= 4 is 27.5 Å². The van der Waals surface area contributed by atoms with Crippen molar-refractivity contribution in [3.05, 3.63) is 59.9 Å². The number of hydrogen-bond acceptors (Lipinski definition) is 5. The molecule has 0 aliphatic rings. The van der Waals surface area contributed by atoms with E-state index in [-0.39, 0.29) is 24.2 Å². The molecule has 2 aromatic rings. The molecule has 10 heteroatoms. The Morgan fingerprint density at radius 3 is 2.32 bits per heavy atom. The van der Waals surface area contributed by atoms with Crippen LogP contribution in [0.2, 0.25) is 0 Å². The number of sulfonamides is 1. The molecule has 0 unspecified atom stereocenters. The fraction of sp³-hybridized carbons (Fsp3) is 0.417. The molecule has 0 radical (unpaired) electrons. The van der Waals surface area contributed by atoms with Crippen molar-refractivity contribution in [1.82, 2.24) is 10.2 Å². The second-order valence-corrected chi connectivity index (χ2v) is 10.0. The summed E-state index contributed by atoms with van der Waals surface area (Å²) in [6, 6.07) is 10.9. The molecule has 0 aliphatic heterocycles. The van der Waals surface area contributed by atoms with Crippen molar-refractivity contribution in [2.45, 2.75) is 45.8 Å². The van der Waals surface area contributed by atoms with Crippen LogP contribution < -0.4 is 14.4 Å². The van der Waals surface area contributed by atoms with E-state index in [0.29, 0.717) is 17.7 Å². The highest BCUT2D eigenvalue weighted by Gasteiger charge is 2.30. The minimum absolute atomic E-state index is 0.00389. The first kappa shape index (κ1) is 27.1. The summed E-state index contributed by atoms with van der Waals surface area (Å²) < 4.78 is 44.7. The van der Waals surface area contributed by atoms with Crippen LogP contribution in [-0.4, -0.2) is 57.1 Å². The predicted molar refractivity (Wildman–Crippen MR) is 129 cm³/mol. The summed E-state index contributed by atoms with van der Waals surface area (Å²) in [6.07, 6.45) is 1.71. The molecule has 2 amide bonds. The van der Waals surface area contributed by atoms with Crippen LogP contribution in [0.15, 0.2) is 48.5 Å². The summed E-state index contributed by atoms with van der Waals surface area (Å²) in [7, 11) is -2.38. The van der Waals surface area contributed by atoms with Gasteiger partial charge in [0.25, 0.3) is 0 Å². The number of halogens is 1. The van der Waals surface area contributed by atoms with Gasteiger partial charge in [-0.25, -0.2) is 12.8 Å². The minimum Gasteiger partial charge on any atom is -0.497 e. The van der Waals surface area contributed by atoms with Gasteiger partial charge >= 0.3 is 0 Å². The molecular weight excluding hydrogens is 461 g/mol. The third-order valence-electron chi connectivity index (χ3n) is 5.46. The van der Waals surface area contributed by atoms with Gasteiger partial charge in [0.05, 0.1) is 19.1 Å². The summed E-state index contributed by atoms with van der Waals surface area (Å²) in [5.74, 6) is -0.935. The lowest BCUT2D eigenvalue weighted by atomic mass is 10.1. The second kappa shape index (κ2) is 11.8. The standard InChI is InChI=1S/C24H32FN3O5S/c1-6-17(2)26-24(30)18(3)27(15-19-10-12-20(25)13-11-19)23(29)16-28(34(5,31)32)21-8-7-9-22(14-21)33-4/h7-14,17-18H,6,15-16H2,1-5H3,(H,26,30)/t17-,18+/m0/s1. The normalized spacial score (nSPS) is 13.0. The number of nitrogens with one attached hydrogen (secondary N) is 1. The fourth-order valence-corrected chi connectivity index (χ4v) is 4.06. The van der Waals surface area contributed by atoms with Crippen LogP contribution in [0.5, 0.6) is 5.75 Å². The molecule has 186 valence electrons. The quantitative estimate of drug-likeness (QED) is 0.519. The van der Waals surface area contributed by atoms with Gasteiger partial charge < -0.3 is 15.0 Å². The number of carbonyl (C=O) groups excluding carboxylic acids is 2.